The smallest absolute Gasteiger partial charge is 0.175 e. The first-order valence-electron chi connectivity index (χ1n) is 4.86. The van der Waals surface area contributed by atoms with Crippen LogP contribution in [0.2, 0.25) is 0 Å². The van der Waals surface area contributed by atoms with E-state index in [2.05, 4.69) is 0 Å². The summed E-state index contributed by atoms with van der Waals surface area (Å²) in [5.74, 6) is -0.107. The maximum Gasteiger partial charge on any atom is 0.175 e. The molecule has 4 nitrogen and oxygen atoms in total. The van der Waals surface area contributed by atoms with E-state index in [1.54, 1.807) is 18.2 Å². The molecule has 16 heavy (non-hydrogen) atoms. The Bertz CT molecular complexity index is 494. The van der Waals surface area contributed by atoms with Gasteiger partial charge in [0.05, 0.1) is 10.9 Å². The van der Waals surface area contributed by atoms with E-state index < -0.39 is 15.9 Å². The second-order valence-corrected chi connectivity index (χ2v) is 5.86. The molecule has 0 bridgehead atoms. The standard InChI is InChI=1S/C11H15NO3S/c1-8(13)11(12)7-9-4-3-5-10(6-9)16(2,14)15/h3-6,11H,7,12H2,1-2H3/t11-/m0/s1. The number of hydrogen-bond donors (Lipinski definition) is 1. The molecule has 0 saturated heterocycles. The molecule has 0 unspecified atom stereocenters. The van der Waals surface area contributed by atoms with Crippen molar-refractivity contribution < 1.29 is 13.2 Å². The predicted molar refractivity (Wildman–Crippen MR) is 61.9 cm³/mol. The van der Waals surface area contributed by atoms with Crippen molar-refractivity contribution in [1.82, 2.24) is 0 Å². The number of benzene rings is 1. The molecular formula is C11H15NO3S. The van der Waals surface area contributed by atoms with Crippen LogP contribution in [0.5, 0.6) is 0 Å². The van der Waals surface area contributed by atoms with Gasteiger partial charge in [-0.3, -0.25) is 4.79 Å². The molecule has 0 radical (unpaired) electrons. The number of carbonyl (C=O) groups excluding carboxylic acids is 1. The molecule has 0 saturated carbocycles. The van der Waals surface area contributed by atoms with E-state index in [1.807, 2.05) is 0 Å². The van der Waals surface area contributed by atoms with Crippen molar-refractivity contribution in [2.75, 3.05) is 6.26 Å². The quantitative estimate of drug-likeness (QED) is 0.835. The number of carbonyl (C=O) groups is 1. The van der Waals surface area contributed by atoms with Crippen LogP contribution in [0.3, 0.4) is 0 Å². The summed E-state index contributed by atoms with van der Waals surface area (Å²) in [6.07, 6.45) is 1.51. The summed E-state index contributed by atoms with van der Waals surface area (Å²) in [5.41, 5.74) is 6.36. The molecular weight excluding hydrogens is 226 g/mol. The van der Waals surface area contributed by atoms with E-state index in [1.165, 1.54) is 13.0 Å². The third-order valence-electron chi connectivity index (χ3n) is 2.30. The van der Waals surface area contributed by atoms with Crippen LogP contribution in [0.15, 0.2) is 29.2 Å². The highest BCUT2D eigenvalue weighted by molar-refractivity contribution is 7.90. The lowest BCUT2D eigenvalue weighted by Gasteiger charge is -2.08. The summed E-state index contributed by atoms with van der Waals surface area (Å²) in [5, 5.41) is 0. The van der Waals surface area contributed by atoms with Gasteiger partial charge in [0, 0.05) is 6.26 Å². The van der Waals surface area contributed by atoms with Crippen LogP contribution in [0, 0.1) is 0 Å². The number of Topliss-reactive ketones (excluding diaryl/α,β-unsaturated/α-hetero) is 1. The summed E-state index contributed by atoms with van der Waals surface area (Å²) < 4.78 is 22.6. The van der Waals surface area contributed by atoms with Crippen molar-refractivity contribution in [3.8, 4) is 0 Å². The fourth-order valence-electron chi connectivity index (χ4n) is 1.30. The van der Waals surface area contributed by atoms with Gasteiger partial charge in [-0.25, -0.2) is 8.42 Å². The van der Waals surface area contributed by atoms with Gasteiger partial charge in [0.15, 0.2) is 9.84 Å². The number of rotatable bonds is 4. The third kappa shape index (κ3) is 3.43. The highest BCUT2D eigenvalue weighted by atomic mass is 32.2. The lowest BCUT2D eigenvalue weighted by atomic mass is 10.0. The Morgan fingerprint density at radius 2 is 2.06 bits per heavy atom. The van der Waals surface area contributed by atoms with Gasteiger partial charge in [-0.2, -0.15) is 0 Å². The molecule has 0 aliphatic rings. The van der Waals surface area contributed by atoms with E-state index in [0.717, 1.165) is 11.8 Å². The van der Waals surface area contributed by atoms with Crippen LogP contribution in [0.4, 0.5) is 0 Å². The Hall–Kier alpha value is -1.20. The maximum atomic E-state index is 11.3. The van der Waals surface area contributed by atoms with E-state index >= 15 is 0 Å². The molecule has 0 aromatic heterocycles. The minimum Gasteiger partial charge on any atom is -0.321 e. The molecule has 88 valence electrons. The second kappa shape index (κ2) is 4.76. The number of nitrogens with two attached hydrogens (primary N) is 1. The molecule has 1 atom stereocenters. The van der Waals surface area contributed by atoms with Gasteiger partial charge in [0.2, 0.25) is 0 Å². The van der Waals surface area contributed by atoms with Gasteiger partial charge in [0.25, 0.3) is 0 Å². The molecule has 1 aromatic carbocycles. The molecule has 0 heterocycles. The Morgan fingerprint density at radius 3 is 2.56 bits per heavy atom. The molecule has 0 spiro atoms. The van der Waals surface area contributed by atoms with Gasteiger partial charge in [-0.15, -0.1) is 0 Å². The molecule has 0 aliphatic heterocycles. The Kier molecular flexibility index (Phi) is 3.83. The fourth-order valence-corrected chi connectivity index (χ4v) is 1.99. The van der Waals surface area contributed by atoms with Crippen LogP contribution in [-0.2, 0) is 21.1 Å². The van der Waals surface area contributed by atoms with E-state index in [-0.39, 0.29) is 10.7 Å². The van der Waals surface area contributed by atoms with Gasteiger partial charge >= 0.3 is 0 Å². The second-order valence-electron chi connectivity index (χ2n) is 3.84. The Labute approximate surface area is 95.4 Å². The fraction of sp³-hybridized carbons (Fsp3) is 0.364. The number of sulfone groups is 1. The van der Waals surface area contributed by atoms with Gasteiger partial charge in [-0.05, 0) is 31.0 Å². The first kappa shape index (κ1) is 12.9. The monoisotopic (exact) mass is 241 g/mol. The largest absolute Gasteiger partial charge is 0.321 e. The molecule has 0 fully saturated rings. The van der Waals surface area contributed by atoms with Crippen molar-refractivity contribution >= 4 is 15.6 Å². The summed E-state index contributed by atoms with van der Waals surface area (Å²) in [7, 11) is -3.21. The van der Waals surface area contributed by atoms with Crippen molar-refractivity contribution in [3.05, 3.63) is 29.8 Å². The highest BCUT2D eigenvalue weighted by Gasteiger charge is 2.11. The zero-order valence-corrected chi connectivity index (χ0v) is 10.1. The lowest BCUT2D eigenvalue weighted by molar-refractivity contribution is -0.118. The van der Waals surface area contributed by atoms with Crippen LogP contribution in [0.1, 0.15) is 12.5 Å². The maximum absolute atomic E-state index is 11.3. The molecule has 0 amide bonds. The average molecular weight is 241 g/mol. The van der Waals surface area contributed by atoms with E-state index in [4.69, 9.17) is 5.73 Å². The molecule has 2 N–H and O–H groups in total. The topological polar surface area (TPSA) is 77.2 Å². The van der Waals surface area contributed by atoms with E-state index in [9.17, 15) is 13.2 Å². The molecule has 5 heteroatoms. The van der Waals surface area contributed by atoms with Gasteiger partial charge in [0.1, 0.15) is 5.78 Å². The molecule has 1 rings (SSSR count). The van der Waals surface area contributed by atoms with Crippen molar-refractivity contribution in [1.29, 1.82) is 0 Å². The highest BCUT2D eigenvalue weighted by Crippen LogP contribution is 2.12. The normalized spacial score (nSPS) is 13.4. The van der Waals surface area contributed by atoms with Crippen molar-refractivity contribution in [2.45, 2.75) is 24.3 Å². The van der Waals surface area contributed by atoms with Crippen LogP contribution >= 0.6 is 0 Å². The zero-order valence-electron chi connectivity index (χ0n) is 9.30. The summed E-state index contributed by atoms with van der Waals surface area (Å²) in [4.78, 5) is 11.2. The Balaban J connectivity index is 2.96. The average Bonchev–Trinajstić information content (AvgIpc) is 2.16. The van der Waals surface area contributed by atoms with E-state index in [0.29, 0.717) is 6.42 Å². The SMILES string of the molecule is CC(=O)[C@@H](N)Cc1cccc(S(C)(=O)=O)c1. The van der Waals surface area contributed by atoms with Crippen molar-refractivity contribution in [3.63, 3.8) is 0 Å². The number of ketones is 1. The molecule has 0 aliphatic carbocycles. The minimum atomic E-state index is -3.21. The van der Waals surface area contributed by atoms with Gasteiger partial charge in [-0.1, -0.05) is 12.1 Å². The lowest BCUT2D eigenvalue weighted by Crippen LogP contribution is -2.30. The third-order valence-corrected chi connectivity index (χ3v) is 3.41. The number of hydrogen-bond acceptors (Lipinski definition) is 4. The zero-order chi connectivity index (χ0) is 12.3. The summed E-state index contributed by atoms with van der Waals surface area (Å²) >= 11 is 0. The minimum absolute atomic E-state index is 0.107. The van der Waals surface area contributed by atoms with Crippen molar-refractivity contribution in [2.24, 2.45) is 5.73 Å². The summed E-state index contributed by atoms with van der Waals surface area (Å²) in [6, 6.07) is 5.92. The predicted octanol–water partition coefficient (Wildman–Crippen LogP) is 0.549. The summed E-state index contributed by atoms with van der Waals surface area (Å²) in [6.45, 7) is 1.42. The molecule has 1 aromatic rings. The Morgan fingerprint density at radius 1 is 1.44 bits per heavy atom. The van der Waals surface area contributed by atoms with Crippen LogP contribution < -0.4 is 5.73 Å². The van der Waals surface area contributed by atoms with Crippen LogP contribution in [0.25, 0.3) is 0 Å². The first-order valence-corrected chi connectivity index (χ1v) is 6.75. The van der Waals surface area contributed by atoms with Gasteiger partial charge < -0.3 is 5.73 Å². The first-order chi connectivity index (χ1) is 7.30. The van der Waals surface area contributed by atoms with Crippen LogP contribution in [-0.4, -0.2) is 26.5 Å².